The number of carbonyl (C=O) groups is 2. The first-order chi connectivity index (χ1) is 20.2. The van der Waals surface area contributed by atoms with E-state index in [9.17, 15) is 43.5 Å². The van der Waals surface area contributed by atoms with Crippen LogP contribution in [0.3, 0.4) is 0 Å². The molecular weight excluding hydrogens is 612 g/mol. The van der Waals surface area contributed by atoms with Crippen LogP contribution in [0.25, 0.3) is 10.8 Å². The normalized spacial score (nSPS) is 23.0. The van der Waals surface area contributed by atoms with Gasteiger partial charge in [0, 0.05) is 12.6 Å². The number of amides is 1. The zero-order chi connectivity index (χ0) is 31.4. The molecule has 1 aromatic heterocycles. The van der Waals surface area contributed by atoms with Crippen molar-refractivity contribution >= 4 is 43.9 Å². The molecule has 18 heteroatoms. The molecular formula is C25H29N3O13P2. The average Bonchev–Trinajstić information content (AvgIpc) is 3.20. The summed E-state index contributed by atoms with van der Waals surface area (Å²) in [5, 5.41) is 33.8. The summed E-state index contributed by atoms with van der Waals surface area (Å²) >= 11 is 0. The van der Waals surface area contributed by atoms with E-state index in [0.717, 1.165) is 27.1 Å². The maximum absolute atomic E-state index is 12.7. The van der Waals surface area contributed by atoms with Crippen molar-refractivity contribution in [3.05, 3.63) is 70.8 Å². The number of hydrogen-bond donors (Lipinski definition) is 6. The molecule has 232 valence electrons. The quantitative estimate of drug-likeness (QED) is 0.145. The first-order valence-corrected chi connectivity index (χ1v) is 16.1. The number of aromatic nitrogens is 2. The van der Waals surface area contributed by atoms with Crippen LogP contribution >= 0.6 is 15.4 Å². The van der Waals surface area contributed by atoms with Crippen molar-refractivity contribution in [3.8, 4) is 0 Å². The fourth-order valence-electron chi connectivity index (χ4n) is 4.40. The van der Waals surface area contributed by atoms with Gasteiger partial charge in [0.1, 0.15) is 24.1 Å². The fourth-order valence-corrected chi connectivity index (χ4v) is 7.10. The number of aliphatic carboxylic acids is 1. The average molecular weight is 641 g/mol. The number of fused-ring (bicyclic) bond motifs is 1. The maximum atomic E-state index is 12.7. The Bertz CT molecular complexity index is 1640. The predicted octanol–water partition coefficient (Wildman–Crippen LogP) is 1.38. The highest BCUT2D eigenvalue weighted by Crippen LogP contribution is 2.60. The smallest absolute Gasteiger partial charge is 0.479 e. The van der Waals surface area contributed by atoms with E-state index < -0.39 is 76.7 Å². The van der Waals surface area contributed by atoms with Crippen LogP contribution < -0.4 is 11.0 Å². The second-order valence-corrected chi connectivity index (χ2v) is 13.2. The number of carboxylic acid groups (broad SMARTS) is 1. The summed E-state index contributed by atoms with van der Waals surface area (Å²) in [4.78, 5) is 59.2. The van der Waals surface area contributed by atoms with Crippen LogP contribution in [0, 0.1) is 0 Å². The van der Waals surface area contributed by atoms with E-state index in [1.54, 1.807) is 0 Å². The van der Waals surface area contributed by atoms with Gasteiger partial charge in [-0.15, -0.1) is 0 Å². The first kappa shape index (κ1) is 32.6. The number of aliphatic hydroxyl groups is 2. The van der Waals surface area contributed by atoms with Gasteiger partial charge in [-0.25, -0.2) is 13.7 Å². The van der Waals surface area contributed by atoms with Crippen LogP contribution in [0.1, 0.15) is 24.6 Å². The maximum Gasteiger partial charge on any atom is 0.479 e. The molecule has 0 radical (unpaired) electrons. The van der Waals surface area contributed by atoms with Crippen LogP contribution in [0.4, 0.5) is 5.82 Å². The van der Waals surface area contributed by atoms with E-state index >= 15 is 0 Å². The summed E-state index contributed by atoms with van der Waals surface area (Å²) in [5.41, 5.74) is -0.189. The van der Waals surface area contributed by atoms with Crippen LogP contribution in [0.2, 0.25) is 0 Å². The summed E-state index contributed by atoms with van der Waals surface area (Å²) in [6, 6.07) is 14.4. The topological polar surface area (TPSA) is 244 Å². The van der Waals surface area contributed by atoms with Crippen molar-refractivity contribution in [2.45, 2.75) is 43.8 Å². The van der Waals surface area contributed by atoms with Crippen molar-refractivity contribution in [2.24, 2.45) is 0 Å². The Kier molecular flexibility index (Phi) is 10.3. The molecule has 3 aromatic rings. The molecule has 0 bridgehead atoms. The standard InChI is InChI=1S/C25H29N3O13P2/c29-20(13-16-7-3-6-15-5-1-2-8-17(15)16)26-19-10-11-28(25(34)27-19)24-23(33)22(32)18(40-24)14-39-43(37,38)41-42(35,36)12-4-9-21(30)31/h1-3,5-8,10-11,18,22-24,32-33H,4,9,12-14H2,(H,30,31)(H,35,36)(H,37,38)(H,26,27,29,34). The monoisotopic (exact) mass is 641 g/mol. The van der Waals surface area contributed by atoms with E-state index in [2.05, 4.69) is 19.1 Å². The van der Waals surface area contributed by atoms with Gasteiger partial charge in [-0.05, 0) is 28.8 Å². The lowest BCUT2D eigenvalue weighted by atomic mass is 10.0. The molecule has 1 aliphatic rings. The number of anilines is 1. The molecule has 0 saturated carbocycles. The lowest BCUT2D eigenvalue weighted by molar-refractivity contribution is -0.137. The summed E-state index contributed by atoms with van der Waals surface area (Å²) < 4.78 is 39.3. The number of nitrogens with zero attached hydrogens (tertiary/aromatic N) is 2. The zero-order valence-corrected chi connectivity index (χ0v) is 24.1. The molecule has 0 spiro atoms. The van der Waals surface area contributed by atoms with Crippen LogP contribution in [0.5, 0.6) is 0 Å². The van der Waals surface area contributed by atoms with E-state index in [4.69, 9.17) is 9.84 Å². The highest BCUT2D eigenvalue weighted by Gasteiger charge is 2.46. The molecule has 6 unspecified atom stereocenters. The number of phosphoric acid groups is 1. The second-order valence-electron chi connectivity index (χ2n) is 9.62. The van der Waals surface area contributed by atoms with Gasteiger partial charge in [-0.2, -0.15) is 4.98 Å². The Morgan fingerprint density at radius 3 is 2.49 bits per heavy atom. The summed E-state index contributed by atoms with van der Waals surface area (Å²) in [7, 11) is -9.90. The van der Waals surface area contributed by atoms with Gasteiger partial charge in [0.05, 0.1) is 19.2 Å². The molecule has 1 fully saturated rings. The van der Waals surface area contributed by atoms with Crippen LogP contribution in [-0.4, -0.2) is 77.6 Å². The Morgan fingerprint density at radius 1 is 1.05 bits per heavy atom. The minimum Gasteiger partial charge on any atom is -0.481 e. The van der Waals surface area contributed by atoms with Crippen molar-refractivity contribution in [1.82, 2.24) is 9.55 Å². The third-order valence-electron chi connectivity index (χ3n) is 6.40. The molecule has 1 amide bonds. The molecule has 16 nitrogen and oxygen atoms in total. The van der Waals surface area contributed by atoms with E-state index in [1.165, 1.54) is 6.07 Å². The number of ether oxygens (including phenoxy) is 1. The molecule has 4 rings (SSSR count). The number of rotatable bonds is 13. The van der Waals surface area contributed by atoms with Gasteiger partial charge in [0.2, 0.25) is 5.91 Å². The van der Waals surface area contributed by atoms with E-state index in [0.29, 0.717) is 0 Å². The van der Waals surface area contributed by atoms with E-state index in [-0.39, 0.29) is 18.7 Å². The van der Waals surface area contributed by atoms with Crippen molar-refractivity contribution in [2.75, 3.05) is 18.1 Å². The molecule has 6 atom stereocenters. The van der Waals surface area contributed by atoms with Crippen molar-refractivity contribution in [3.63, 3.8) is 0 Å². The molecule has 0 aliphatic carbocycles. The number of benzene rings is 2. The Labute approximate surface area is 243 Å². The summed E-state index contributed by atoms with van der Waals surface area (Å²) in [6.45, 7) is -0.901. The Hall–Kier alpha value is -3.30. The highest BCUT2D eigenvalue weighted by molar-refractivity contribution is 7.64. The Morgan fingerprint density at radius 2 is 1.77 bits per heavy atom. The lowest BCUT2D eigenvalue weighted by Crippen LogP contribution is -2.36. The number of phosphoric ester groups is 1. The van der Waals surface area contributed by atoms with Crippen LogP contribution in [-0.2, 0) is 38.7 Å². The molecule has 2 aromatic carbocycles. The van der Waals surface area contributed by atoms with Gasteiger partial charge in [0.15, 0.2) is 6.23 Å². The molecule has 43 heavy (non-hydrogen) atoms. The molecule has 1 aliphatic heterocycles. The Balaban J connectivity index is 1.35. The predicted molar refractivity (Wildman–Crippen MR) is 149 cm³/mol. The fraction of sp³-hybridized carbons (Fsp3) is 0.360. The largest absolute Gasteiger partial charge is 0.481 e. The molecule has 6 N–H and O–H groups in total. The second kappa shape index (κ2) is 13.6. The van der Waals surface area contributed by atoms with Crippen molar-refractivity contribution in [1.29, 1.82) is 0 Å². The number of aliphatic hydroxyl groups excluding tert-OH is 2. The molecule has 1 saturated heterocycles. The van der Waals surface area contributed by atoms with E-state index in [1.807, 2.05) is 42.5 Å². The minimum absolute atomic E-state index is 0.0109. The minimum atomic E-state index is -5.19. The SMILES string of the molecule is O=C(O)CCCP(=O)(O)OP(=O)(O)OCC1OC(n2ccc(NC(=O)Cc3cccc4ccccc34)nc2=O)C(O)C1O. The first-order valence-electron chi connectivity index (χ1n) is 12.8. The van der Waals surface area contributed by atoms with Gasteiger partial charge in [0.25, 0.3) is 0 Å². The number of hydrogen-bond acceptors (Lipinski definition) is 11. The van der Waals surface area contributed by atoms with Gasteiger partial charge in [-0.1, -0.05) is 42.5 Å². The third kappa shape index (κ3) is 8.63. The van der Waals surface area contributed by atoms with Crippen molar-refractivity contribution < 1.29 is 57.4 Å². The van der Waals surface area contributed by atoms with Gasteiger partial charge in [-0.3, -0.25) is 23.2 Å². The number of carbonyl (C=O) groups excluding carboxylic acids is 1. The lowest BCUT2D eigenvalue weighted by Gasteiger charge is -2.19. The third-order valence-corrected chi connectivity index (χ3v) is 9.61. The highest BCUT2D eigenvalue weighted by atomic mass is 31.3. The van der Waals surface area contributed by atoms with Crippen LogP contribution in [0.15, 0.2) is 59.5 Å². The molecule has 2 heterocycles. The summed E-state index contributed by atoms with van der Waals surface area (Å²) in [5.74, 6) is -1.75. The van der Waals surface area contributed by atoms with Gasteiger partial charge >= 0.3 is 27.1 Å². The zero-order valence-electron chi connectivity index (χ0n) is 22.3. The van der Waals surface area contributed by atoms with Gasteiger partial charge < -0.3 is 35.2 Å². The number of carboxylic acids is 1. The number of nitrogens with one attached hydrogen (secondary N) is 1. The summed E-state index contributed by atoms with van der Waals surface area (Å²) in [6.07, 6.45) is -6.79.